The van der Waals surface area contributed by atoms with Crippen LogP contribution >= 0.6 is 0 Å². The number of benzene rings is 1. The molecule has 0 aliphatic carbocycles. The van der Waals surface area contributed by atoms with E-state index in [-0.39, 0.29) is 5.69 Å². The van der Waals surface area contributed by atoms with Crippen molar-refractivity contribution in [1.29, 1.82) is 0 Å². The quantitative estimate of drug-likeness (QED) is 0.843. The van der Waals surface area contributed by atoms with E-state index in [2.05, 4.69) is 10.4 Å². The molecule has 0 atom stereocenters. The normalized spacial score (nSPS) is 10.8. The van der Waals surface area contributed by atoms with E-state index in [0.717, 1.165) is 12.1 Å². The molecule has 0 unspecified atom stereocenters. The van der Waals surface area contributed by atoms with Crippen molar-refractivity contribution in [3.05, 3.63) is 35.3 Å². The second-order valence-electron chi connectivity index (χ2n) is 4.07. The highest BCUT2D eigenvalue weighted by Gasteiger charge is 2.15. The van der Waals surface area contributed by atoms with Gasteiger partial charge in [0.15, 0.2) is 23.3 Å². The van der Waals surface area contributed by atoms with E-state index < -0.39 is 17.5 Å². The summed E-state index contributed by atoms with van der Waals surface area (Å²) in [6, 6.07) is 1.72. The molecule has 19 heavy (non-hydrogen) atoms. The molecule has 4 nitrogen and oxygen atoms in total. The summed E-state index contributed by atoms with van der Waals surface area (Å²) < 4.78 is 40.5. The van der Waals surface area contributed by atoms with Gasteiger partial charge in [0.05, 0.1) is 11.4 Å². The van der Waals surface area contributed by atoms with Crippen molar-refractivity contribution in [3.63, 3.8) is 0 Å². The summed E-state index contributed by atoms with van der Waals surface area (Å²) in [5.74, 6) is -3.63. The van der Waals surface area contributed by atoms with Crippen molar-refractivity contribution >= 4 is 17.2 Å². The second-order valence-corrected chi connectivity index (χ2v) is 4.07. The van der Waals surface area contributed by atoms with Crippen LogP contribution in [-0.4, -0.2) is 9.78 Å². The maximum Gasteiger partial charge on any atom is 0.194 e. The fraction of sp³-hybridized carbons (Fsp3) is 0.250. The Bertz CT molecular complexity index is 599. The molecular weight excluding hydrogens is 257 g/mol. The van der Waals surface area contributed by atoms with Crippen molar-refractivity contribution in [2.75, 3.05) is 11.1 Å². The Kier molecular flexibility index (Phi) is 3.37. The van der Waals surface area contributed by atoms with Crippen LogP contribution in [-0.2, 0) is 13.5 Å². The van der Waals surface area contributed by atoms with Gasteiger partial charge in [0.25, 0.3) is 0 Å². The molecule has 102 valence electrons. The Labute approximate surface area is 108 Å². The Balaban J connectivity index is 2.39. The van der Waals surface area contributed by atoms with Gasteiger partial charge >= 0.3 is 0 Å². The van der Waals surface area contributed by atoms with Crippen LogP contribution in [0.2, 0.25) is 0 Å². The smallest absolute Gasteiger partial charge is 0.194 e. The lowest BCUT2D eigenvalue weighted by molar-refractivity contribution is 0.448. The van der Waals surface area contributed by atoms with Crippen molar-refractivity contribution in [1.82, 2.24) is 9.78 Å². The molecule has 7 heteroatoms. The minimum atomic E-state index is -1.50. The molecule has 0 amide bonds. The summed E-state index contributed by atoms with van der Waals surface area (Å²) in [5, 5.41) is 6.89. The lowest BCUT2D eigenvalue weighted by atomic mass is 10.2. The summed E-state index contributed by atoms with van der Waals surface area (Å²) in [6.07, 6.45) is 0.632. The van der Waals surface area contributed by atoms with Gasteiger partial charge in [-0.3, -0.25) is 4.68 Å². The summed E-state index contributed by atoms with van der Waals surface area (Å²) in [6.45, 7) is 1.89. The van der Waals surface area contributed by atoms with Gasteiger partial charge in [0.2, 0.25) is 0 Å². The largest absolute Gasteiger partial charge is 0.394 e. The Morgan fingerprint density at radius 1 is 1.26 bits per heavy atom. The van der Waals surface area contributed by atoms with Crippen molar-refractivity contribution < 1.29 is 13.2 Å². The van der Waals surface area contributed by atoms with Crippen LogP contribution in [0.15, 0.2) is 12.1 Å². The molecule has 0 fully saturated rings. The number of aromatic nitrogens is 2. The molecule has 0 bridgehead atoms. The summed E-state index contributed by atoms with van der Waals surface area (Å²) in [5.41, 5.74) is 7.00. The van der Waals surface area contributed by atoms with Gasteiger partial charge in [0.1, 0.15) is 0 Å². The van der Waals surface area contributed by atoms with Crippen LogP contribution in [0, 0.1) is 17.5 Å². The molecule has 0 radical (unpaired) electrons. The fourth-order valence-corrected chi connectivity index (χ4v) is 1.77. The Hall–Kier alpha value is -2.18. The molecule has 0 spiro atoms. The summed E-state index contributed by atoms with van der Waals surface area (Å²) >= 11 is 0. The summed E-state index contributed by atoms with van der Waals surface area (Å²) in [7, 11) is 1.65. The molecule has 2 aromatic rings. The number of nitrogens with zero attached hydrogens (tertiary/aromatic N) is 2. The van der Waals surface area contributed by atoms with Crippen LogP contribution in [0.5, 0.6) is 0 Å². The zero-order chi connectivity index (χ0) is 14.2. The van der Waals surface area contributed by atoms with Crippen molar-refractivity contribution in [2.24, 2.45) is 7.05 Å². The number of halogens is 3. The number of nitrogens with two attached hydrogens (primary N) is 1. The van der Waals surface area contributed by atoms with Gasteiger partial charge in [-0.05, 0) is 6.42 Å². The number of hydrogen-bond donors (Lipinski definition) is 2. The SMILES string of the molecule is CCc1nn(C)c(Nc2cc(F)c(F)c(F)c2)c1N. The van der Waals surface area contributed by atoms with E-state index in [1.54, 1.807) is 7.05 Å². The lowest BCUT2D eigenvalue weighted by Crippen LogP contribution is -2.03. The molecule has 2 rings (SSSR count). The molecule has 0 aliphatic heterocycles. The monoisotopic (exact) mass is 270 g/mol. The van der Waals surface area contributed by atoms with E-state index >= 15 is 0 Å². The minimum Gasteiger partial charge on any atom is -0.394 e. The topological polar surface area (TPSA) is 55.9 Å². The first-order chi connectivity index (χ1) is 8.93. The van der Waals surface area contributed by atoms with Crippen LogP contribution < -0.4 is 11.1 Å². The van der Waals surface area contributed by atoms with Gasteiger partial charge in [-0.1, -0.05) is 6.92 Å². The van der Waals surface area contributed by atoms with Crippen molar-refractivity contribution in [3.8, 4) is 0 Å². The van der Waals surface area contributed by atoms with E-state index in [9.17, 15) is 13.2 Å². The molecule has 0 saturated heterocycles. The molecule has 3 N–H and O–H groups in total. The number of nitrogens with one attached hydrogen (secondary N) is 1. The fourth-order valence-electron chi connectivity index (χ4n) is 1.77. The standard InChI is InChI=1S/C12H13F3N4/c1-3-9-11(16)12(19(2)18-9)17-6-4-7(13)10(15)8(14)5-6/h4-5,17H,3,16H2,1-2H3. The van der Waals surface area contributed by atoms with Crippen molar-refractivity contribution in [2.45, 2.75) is 13.3 Å². The first kappa shape index (κ1) is 13.3. The van der Waals surface area contributed by atoms with Crippen LogP contribution in [0.25, 0.3) is 0 Å². The third-order valence-corrected chi connectivity index (χ3v) is 2.74. The number of rotatable bonds is 3. The van der Waals surface area contributed by atoms with Gasteiger partial charge in [-0.15, -0.1) is 0 Å². The first-order valence-corrected chi connectivity index (χ1v) is 5.67. The number of hydrogen-bond acceptors (Lipinski definition) is 3. The highest BCUT2D eigenvalue weighted by Crippen LogP contribution is 2.27. The number of nitrogen functional groups attached to an aromatic ring is 1. The van der Waals surface area contributed by atoms with Gasteiger partial charge in [0, 0.05) is 24.9 Å². The first-order valence-electron chi connectivity index (χ1n) is 5.67. The minimum absolute atomic E-state index is 0.0637. The average Bonchev–Trinajstić information content (AvgIpc) is 2.63. The predicted molar refractivity (Wildman–Crippen MR) is 66.6 cm³/mol. The maximum atomic E-state index is 13.1. The van der Waals surface area contributed by atoms with Gasteiger partial charge in [-0.2, -0.15) is 5.10 Å². The van der Waals surface area contributed by atoms with E-state index in [1.165, 1.54) is 4.68 Å². The second kappa shape index (κ2) is 4.83. The van der Waals surface area contributed by atoms with E-state index in [1.807, 2.05) is 6.92 Å². The molecule has 1 aromatic heterocycles. The molecule has 1 aromatic carbocycles. The van der Waals surface area contributed by atoms with Crippen LogP contribution in [0.3, 0.4) is 0 Å². The third-order valence-electron chi connectivity index (χ3n) is 2.74. The molecular formula is C12H13F3N4. The third kappa shape index (κ3) is 2.35. The van der Waals surface area contributed by atoms with Crippen LogP contribution in [0.1, 0.15) is 12.6 Å². The average molecular weight is 270 g/mol. The summed E-state index contributed by atoms with van der Waals surface area (Å²) in [4.78, 5) is 0. The van der Waals surface area contributed by atoms with E-state index in [0.29, 0.717) is 23.6 Å². The Morgan fingerprint density at radius 3 is 2.32 bits per heavy atom. The lowest BCUT2D eigenvalue weighted by Gasteiger charge is -2.08. The van der Waals surface area contributed by atoms with E-state index in [4.69, 9.17) is 5.73 Å². The van der Waals surface area contributed by atoms with Gasteiger partial charge in [-0.25, -0.2) is 13.2 Å². The molecule has 1 heterocycles. The van der Waals surface area contributed by atoms with Gasteiger partial charge < -0.3 is 11.1 Å². The highest BCUT2D eigenvalue weighted by molar-refractivity contribution is 5.71. The highest BCUT2D eigenvalue weighted by atomic mass is 19.2. The molecule has 0 saturated carbocycles. The zero-order valence-corrected chi connectivity index (χ0v) is 10.5. The molecule has 0 aliphatic rings. The zero-order valence-electron chi connectivity index (χ0n) is 10.5. The Morgan fingerprint density at radius 2 is 1.84 bits per heavy atom. The predicted octanol–water partition coefficient (Wildman–Crippen LogP) is 2.73. The number of anilines is 3. The van der Waals surface area contributed by atoms with Crippen LogP contribution in [0.4, 0.5) is 30.4 Å². The maximum absolute atomic E-state index is 13.1. The number of aryl methyl sites for hydroxylation is 2.